The lowest BCUT2D eigenvalue weighted by atomic mass is 10.1. The monoisotopic (exact) mass is 262 g/mol. The molecule has 1 aromatic rings. The molecule has 0 radical (unpaired) electrons. The fraction of sp³-hybridized carbons (Fsp3) is 0.467. The molecular formula is C15H22N2O2. The summed E-state index contributed by atoms with van der Waals surface area (Å²) in [5.74, 6) is 0.867. The van der Waals surface area contributed by atoms with Crippen molar-refractivity contribution in [2.75, 3.05) is 39.1 Å². The molecule has 1 aliphatic heterocycles. The zero-order chi connectivity index (χ0) is 13.7. The van der Waals surface area contributed by atoms with Crippen molar-refractivity contribution < 1.29 is 9.47 Å². The quantitative estimate of drug-likeness (QED) is 0.648. The third kappa shape index (κ3) is 3.98. The van der Waals surface area contributed by atoms with Gasteiger partial charge >= 0.3 is 0 Å². The number of hydrogen-bond donors (Lipinski definition) is 1. The molecule has 0 aromatic heterocycles. The zero-order valence-electron chi connectivity index (χ0n) is 11.5. The topological polar surface area (TPSA) is 47.7 Å². The Morgan fingerprint density at radius 3 is 3.16 bits per heavy atom. The molecule has 0 spiro atoms. The summed E-state index contributed by atoms with van der Waals surface area (Å²) in [4.78, 5) is 2.26. The van der Waals surface area contributed by atoms with Crippen molar-refractivity contribution in [1.29, 1.82) is 0 Å². The second-order valence-electron chi connectivity index (χ2n) is 4.93. The van der Waals surface area contributed by atoms with Crippen LogP contribution >= 0.6 is 0 Å². The number of nitrogen functional groups attached to an aromatic ring is 1. The van der Waals surface area contributed by atoms with E-state index in [1.165, 1.54) is 0 Å². The van der Waals surface area contributed by atoms with Gasteiger partial charge in [-0.1, -0.05) is 6.08 Å². The second-order valence-corrected chi connectivity index (χ2v) is 4.93. The first-order valence-corrected chi connectivity index (χ1v) is 6.61. The molecule has 1 unspecified atom stereocenters. The van der Waals surface area contributed by atoms with Gasteiger partial charge in [-0.15, -0.1) is 6.58 Å². The highest BCUT2D eigenvalue weighted by Crippen LogP contribution is 2.22. The van der Waals surface area contributed by atoms with Gasteiger partial charge in [0.2, 0.25) is 0 Å². The normalized spacial score (nSPS) is 20.2. The van der Waals surface area contributed by atoms with Crippen molar-refractivity contribution in [3.63, 3.8) is 0 Å². The molecule has 0 saturated carbocycles. The molecule has 1 fully saturated rings. The van der Waals surface area contributed by atoms with Crippen molar-refractivity contribution >= 4 is 5.69 Å². The van der Waals surface area contributed by atoms with E-state index in [1.54, 1.807) is 0 Å². The summed E-state index contributed by atoms with van der Waals surface area (Å²) in [6.45, 7) is 6.99. The Balaban J connectivity index is 1.96. The number of morpholine rings is 1. The molecule has 104 valence electrons. The Morgan fingerprint density at radius 2 is 2.42 bits per heavy atom. The summed E-state index contributed by atoms with van der Waals surface area (Å²) in [6, 6.07) is 5.71. The molecule has 2 rings (SSSR count). The van der Waals surface area contributed by atoms with Crippen LogP contribution in [-0.4, -0.2) is 44.4 Å². The molecule has 0 aliphatic carbocycles. The minimum absolute atomic E-state index is 0.132. The second kappa shape index (κ2) is 6.59. The molecule has 1 aromatic carbocycles. The van der Waals surface area contributed by atoms with Crippen LogP contribution in [0.1, 0.15) is 5.56 Å². The molecule has 4 nitrogen and oxygen atoms in total. The first kappa shape index (κ1) is 13.9. The molecule has 19 heavy (non-hydrogen) atoms. The predicted molar refractivity (Wildman–Crippen MR) is 77.5 cm³/mol. The number of hydrogen-bond acceptors (Lipinski definition) is 4. The Labute approximate surface area is 114 Å². The van der Waals surface area contributed by atoms with Crippen LogP contribution in [-0.2, 0) is 11.2 Å². The molecule has 1 atom stereocenters. The predicted octanol–water partition coefficient (Wildman–Crippen LogP) is 1.71. The maximum absolute atomic E-state index is 5.88. The smallest absolute Gasteiger partial charge is 0.123 e. The van der Waals surface area contributed by atoms with Crippen molar-refractivity contribution in [2.24, 2.45) is 0 Å². The first-order valence-electron chi connectivity index (χ1n) is 6.61. The van der Waals surface area contributed by atoms with Crippen LogP contribution in [0.15, 0.2) is 30.9 Å². The standard InChI is InChI=1S/C15H22N2O2/c1-3-4-12-9-13(16)5-6-15(12)19-11-14-10-17(2)7-8-18-14/h3,5-6,9,14H,1,4,7-8,10-11,16H2,2H3. The third-order valence-electron chi connectivity index (χ3n) is 3.22. The number of nitrogens with two attached hydrogens (primary N) is 1. The van der Waals surface area contributed by atoms with Gasteiger partial charge in [0.25, 0.3) is 0 Å². The number of allylic oxidation sites excluding steroid dienone is 1. The SMILES string of the molecule is C=CCc1cc(N)ccc1OCC1CN(C)CCO1. The van der Waals surface area contributed by atoms with E-state index >= 15 is 0 Å². The number of ether oxygens (including phenoxy) is 2. The summed E-state index contributed by atoms with van der Waals surface area (Å²) in [5, 5.41) is 0. The number of rotatable bonds is 5. The Bertz CT molecular complexity index is 434. The molecule has 1 aliphatic rings. The highest BCUT2D eigenvalue weighted by Gasteiger charge is 2.18. The highest BCUT2D eigenvalue weighted by atomic mass is 16.5. The van der Waals surface area contributed by atoms with Crippen LogP contribution in [0.2, 0.25) is 0 Å². The number of nitrogens with zero attached hydrogens (tertiary/aromatic N) is 1. The number of likely N-dealkylation sites (N-methyl/N-ethyl adjacent to an activating group) is 1. The van der Waals surface area contributed by atoms with E-state index in [0.717, 1.165) is 43.1 Å². The summed E-state index contributed by atoms with van der Waals surface area (Å²) in [6.07, 6.45) is 2.74. The number of benzene rings is 1. The summed E-state index contributed by atoms with van der Waals surface area (Å²) in [5.41, 5.74) is 7.61. The lowest BCUT2D eigenvalue weighted by molar-refractivity contribution is -0.0404. The van der Waals surface area contributed by atoms with Crippen LogP contribution in [0, 0.1) is 0 Å². The van der Waals surface area contributed by atoms with E-state index < -0.39 is 0 Å². The molecule has 2 N–H and O–H groups in total. The maximum Gasteiger partial charge on any atom is 0.123 e. The fourth-order valence-electron chi connectivity index (χ4n) is 2.21. The van der Waals surface area contributed by atoms with Gasteiger partial charge in [0.1, 0.15) is 18.5 Å². The summed E-state index contributed by atoms with van der Waals surface area (Å²) in [7, 11) is 2.10. The van der Waals surface area contributed by atoms with Gasteiger partial charge < -0.3 is 20.1 Å². The van der Waals surface area contributed by atoms with Crippen LogP contribution in [0.5, 0.6) is 5.75 Å². The van der Waals surface area contributed by atoms with Crippen molar-refractivity contribution in [3.8, 4) is 5.75 Å². The minimum atomic E-state index is 0.132. The third-order valence-corrected chi connectivity index (χ3v) is 3.22. The molecule has 0 bridgehead atoms. The van der Waals surface area contributed by atoms with E-state index in [4.69, 9.17) is 15.2 Å². The molecule has 1 heterocycles. The van der Waals surface area contributed by atoms with Gasteiger partial charge in [-0.2, -0.15) is 0 Å². The van der Waals surface area contributed by atoms with Gasteiger partial charge in [-0.3, -0.25) is 0 Å². The molecular weight excluding hydrogens is 240 g/mol. The van der Waals surface area contributed by atoms with Crippen LogP contribution in [0.3, 0.4) is 0 Å². The Hall–Kier alpha value is -1.52. The zero-order valence-corrected chi connectivity index (χ0v) is 11.5. The summed E-state index contributed by atoms with van der Waals surface area (Å²) >= 11 is 0. The van der Waals surface area contributed by atoms with Crippen LogP contribution in [0.4, 0.5) is 5.69 Å². The van der Waals surface area contributed by atoms with Gasteiger partial charge in [0.15, 0.2) is 0 Å². The van der Waals surface area contributed by atoms with Crippen LogP contribution in [0.25, 0.3) is 0 Å². The van der Waals surface area contributed by atoms with E-state index in [0.29, 0.717) is 6.61 Å². The molecule has 4 heteroatoms. The average Bonchev–Trinajstić information content (AvgIpc) is 2.38. The van der Waals surface area contributed by atoms with E-state index in [9.17, 15) is 0 Å². The Kier molecular flexibility index (Phi) is 4.82. The summed E-state index contributed by atoms with van der Waals surface area (Å²) < 4.78 is 11.6. The average molecular weight is 262 g/mol. The van der Waals surface area contributed by atoms with Gasteiger partial charge in [-0.25, -0.2) is 0 Å². The van der Waals surface area contributed by atoms with Crippen LogP contribution < -0.4 is 10.5 Å². The number of anilines is 1. The fourth-order valence-corrected chi connectivity index (χ4v) is 2.21. The Morgan fingerprint density at radius 1 is 1.58 bits per heavy atom. The van der Waals surface area contributed by atoms with E-state index in [-0.39, 0.29) is 6.10 Å². The lowest BCUT2D eigenvalue weighted by Gasteiger charge is -2.30. The first-order chi connectivity index (χ1) is 9.19. The van der Waals surface area contributed by atoms with E-state index in [1.807, 2.05) is 24.3 Å². The van der Waals surface area contributed by atoms with Gasteiger partial charge in [-0.05, 0) is 37.2 Å². The van der Waals surface area contributed by atoms with Crippen molar-refractivity contribution in [3.05, 3.63) is 36.4 Å². The largest absolute Gasteiger partial charge is 0.491 e. The van der Waals surface area contributed by atoms with Crippen molar-refractivity contribution in [1.82, 2.24) is 4.90 Å². The highest BCUT2D eigenvalue weighted by molar-refractivity contribution is 5.48. The molecule has 0 amide bonds. The van der Waals surface area contributed by atoms with Crippen molar-refractivity contribution in [2.45, 2.75) is 12.5 Å². The maximum atomic E-state index is 5.88. The minimum Gasteiger partial charge on any atom is -0.491 e. The molecule has 1 saturated heterocycles. The van der Waals surface area contributed by atoms with Gasteiger partial charge in [0.05, 0.1) is 6.61 Å². The lowest BCUT2D eigenvalue weighted by Crippen LogP contribution is -2.42. The van der Waals surface area contributed by atoms with Gasteiger partial charge in [0, 0.05) is 18.8 Å². The van der Waals surface area contributed by atoms with E-state index in [2.05, 4.69) is 18.5 Å².